The van der Waals surface area contributed by atoms with Crippen molar-refractivity contribution in [3.05, 3.63) is 0 Å². The lowest BCUT2D eigenvalue weighted by Crippen LogP contribution is -2.35. The molecule has 2 heterocycles. The summed E-state index contributed by atoms with van der Waals surface area (Å²) >= 11 is 10.2. The quantitative estimate of drug-likeness (QED) is 0.450. The molecule has 2 aliphatic heterocycles. The Morgan fingerprint density at radius 2 is 1.45 bits per heavy atom. The summed E-state index contributed by atoms with van der Waals surface area (Å²) in [4.78, 5) is 4.81. The van der Waals surface area contributed by atoms with Crippen molar-refractivity contribution in [1.82, 2.24) is 12.8 Å². The monoisotopic (exact) mass is 475 g/mol. The molecule has 0 spiro atoms. The van der Waals surface area contributed by atoms with Gasteiger partial charge >= 0.3 is 0 Å². The van der Waals surface area contributed by atoms with Crippen molar-refractivity contribution in [3.63, 3.8) is 0 Å². The molecule has 0 N–H and O–H groups in total. The first-order chi connectivity index (χ1) is 9.51. The summed E-state index contributed by atoms with van der Waals surface area (Å²) in [7, 11) is 4.40. The molecule has 20 heavy (non-hydrogen) atoms. The molecule has 6 heteroatoms. The molecule has 0 aromatic carbocycles. The maximum Gasteiger partial charge on any atom is 0.0249 e. The average molecular weight is 478 g/mol. The van der Waals surface area contributed by atoms with Crippen LogP contribution in [-0.2, 0) is 0 Å². The van der Waals surface area contributed by atoms with Gasteiger partial charge in [0.25, 0.3) is 0 Å². The van der Waals surface area contributed by atoms with Crippen molar-refractivity contribution in [2.45, 2.75) is 25.7 Å². The Morgan fingerprint density at radius 1 is 0.950 bits per heavy atom. The molecule has 3 nitrogen and oxygen atoms in total. The predicted molar refractivity (Wildman–Crippen MR) is 98.8 cm³/mol. The van der Waals surface area contributed by atoms with Crippen LogP contribution in [0.1, 0.15) is 25.7 Å². The molecule has 0 aromatic rings. The maximum atomic E-state index is 3.51. The predicted octanol–water partition coefficient (Wildman–Crippen LogP) is 3.97. The molecule has 0 radical (unpaired) electrons. The van der Waals surface area contributed by atoms with Crippen molar-refractivity contribution >= 4 is 48.2 Å². The van der Waals surface area contributed by atoms with Crippen molar-refractivity contribution in [2.75, 3.05) is 52.1 Å². The highest BCUT2D eigenvalue weighted by molar-refractivity contribution is 9.21. The summed E-state index contributed by atoms with van der Waals surface area (Å²) in [5.74, 6) is 1.72. The van der Waals surface area contributed by atoms with Crippen LogP contribution in [0.2, 0.25) is 0 Å². The third-order valence-electron chi connectivity index (χ3n) is 4.06. The number of rotatable bonds is 3. The summed E-state index contributed by atoms with van der Waals surface area (Å²) in [5, 5.41) is 1.18. The van der Waals surface area contributed by atoms with E-state index in [9.17, 15) is 0 Å². The summed E-state index contributed by atoms with van der Waals surface area (Å²) < 4.78 is 1.92. The number of halogens is 3. The molecule has 0 bridgehead atoms. The number of hydrogen-bond donors (Lipinski definition) is 0. The van der Waals surface area contributed by atoms with Crippen molar-refractivity contribution in [3.8, 4) is 0 Å². The van der Waals surface area contributed by atoms with Crippen LogP contribution in [0.4, 0.5) is 0 Å². The first-order valence-corrected chi connectivity index (χ1v) is 10.1. The van der Waals surface area contributed by atoms with Crippen LogP contribution in [0.15, 0.2) is 0 Å². The van der Waals surface area contributed by atoms with E-state index in [-0.39, 0.29) is 0 Å². The van der Waals surface area contributed by atoms with E-state index in [4.69, 9.17) is 0 Å². The molecule has 2 aliphatic rings. The average Bonchev–Trinajstić information content (AvgIpc) is 2.38. The highest BCUT2D eigenvalue weighted by Crippen LogP contribution is 2.19. The molecular formula is C14H28Br3N3. The third kappa shape index (κ3) is 8.69. The number of hydrogen-bond acceptors (Lipinski definition) is 3. The van der Waals surface area contributed by atoms with Crippen molar-refractivity contribution in [1.29, 1.82) is 0 Å². The molecule has 2 saturated heterocycles. The Hall–Kier alpha value is 1.32. The second-order valence-corrected chi connectivity index (χ2v) is 9.49. The third-order valence-corrected chi connectivity index (χ3v) is 5.55. The molecule has 120 valence electrons. The topological polar surface area (TPSA) is 9.72 Å². The fraction of sp³-hybridized carbons (Fsp3) is 1.00. The lowest BCUT2D eigenvalue weighted by molar-refractivity contribution is 0.205. The van der Waals surface area contributed by atoms with Gasteiger partial charge in [-0.2, -0.15) is 2.95 Å². The van der Waals surface area contributed by atoms with Gasteiger partial charge in [0, 0.05) is 57.3 Å². The van der Waals surface area contributed by atoms with Crippen LogP contribution in [0.3, 0.4) is 0 Å². The first-order valence-electron chi connectivity index (χ1n) is 7.53. The zero-order valence-corrected chi connectivity index (χ0v) is 17.5. The van der Waals surface area contributed by atoms with Crippen molar-refractivity contribution in [2.24, 2.45) is 11.8 Å². The van der Waals surface area contributed by atoms with Gasteiger partial charge in [0.05, 0.1) is 0 Å². The highest BCUT2D eigenvalue weighted by atomic mass is 79.9. The van der Waals surface area contributed by atoms with Crippen LogP contribution in [-0.4, -0.2) is 64.9 Å². The van der Waals surface area contributed by atoms with Gasteiger partial charge < -0.3 is 9.80 Å². The summed E-state index contributed by atoms with van der Waals surface area (Å²) in [6.07, 6.45) is 5.50. The van der Waals surface area contributed by atoms with Gasteiger partial charge in [-0.3, -0.25) is 0 Å². The second-order valence-electron chi connectivity index (χ2n) is 6.18. The van der Waals surface area contributed by atoms with E-state index in [2.05, 4.69) is 72.1 Å². The fourth-order valence-corrected chi connectivity index (χ4v) is 4.36. The molecular weight excluding hydrogens is 450 g/mol. The fourth-order valence-electron chi connectivity index (χ4n) is 3.02. The first kappa shape index (κ1) is 19.4. The lowest BCUT2D eigenvalue weighted by atomic mass is 9.99. The largest absolute Gasteiger partial charge is 0.306 e. The Labute approximate surface area is 150 Å². The lowest BCUT2D eigenvalue weighted by Gasteiger charge is -2.30. The van der Waals surface area contributed by atoms with Crippen LogP contribution >= 0.6 is 48.2 Å². The number of nitrogens with zero attached hydrogens (tertiary/aromatic N) is 3. The smallest absolute Gasteiger partial charge is 0.0249 e. The minimum atomic E-state index is 0.812. The molecule has 2 atom stereocenters. The zero-order chi connectivity index (χ0) is 15.0. The molecule has 2 fully saturated rings. The summed E-state index contributed by atoms with van der Waals surface area (Å²) in [5.41, 5.74) is 0. The van der Waals surface area contributed by atoms with E-state index < -0.39 is 0 Å². The summed E-state index contributed by atoms with van der Waals surface area (Å²) in [6.45, 7) is 6.16. The minimum absolute atomic E-state index is 0.812. The number of likely N-dealkylation sites (tertiary alicyclic amines) is 2. The SMILES string of the molecule is CN1CCCC(CBr)C1.CN1CCCC(CN(Br)Br)C1. The molecule has 0 amide bonds. The van der Waals surface area contributed by atoms with Crippen LogP contribution in [0.5, 0.6) is 0 Å². The van der Waals surface area contributed by atoms with Crippen LogP contribution in [0, 0.1) is 11.8 Å². The van der Waals surface area contributed by atoms with Gasteiger partial charge in [0.15, 0.2) is 0 Å². The van der Waals surface area contributed by atoms with E-state index >= 15 is 0 Å². The van der Waals surface area contributed by atoms with Crippen LogP contribution < -0.4 is 0 Å². The van der Waals surface area contributed by atoms with E-state index in [0.29, 0.717) is 0 Å². The number of piperidine rings is 2. The maximum absolute atomic E-state index is 3.51. The molecule has 2 rings (SSSR count). The van der Waals surface area contributed by atoms with E-state index in [1.54, 1.807) is 0 Å². The van der Waals surface area contributed by atoms with Gasteiger partial charge in [-0.25, -0.2) is 0 Å². The Balaban J connectivity index is 0.000000204. The second kappa shape index (κ2) is 10.9. The zero-order valence-electron chi connectivity index (χ0n) is 12.7. The molecule has 2 unspecified atom stereocenters. The summed E-state index contributed by atoms with van der Waals surface area (Å²) in [6, 6.07) is 0. The minimum Gasteiger partial charge on any atom is -0.306 e. The standard InChI is InChI=1S/C7H14Br2N2.C7H14BrN/c1-10-4-2-3-7(5-10)6-11(8)9;1-9-4-2-3-7(5-8)6-9/h7H,2-6H2,1H3;7H,2-6H2,1H3. The van der Waals surface area contributed by atoms with Gasteiger partial charge in [-0.1, -0.05) is 15.9 Å². The Bertz CT molecular complexity index is 252. The van der Waals surface area contributed by atoms with Gasteiger partial charge in [0.1, 0.15) is 0 Å². The normalized spacial score (nSPS) is 29.1. The number of alkyl halides is 1. The Morgan fingerprint density at radius 3 is 1.85 bits per heavy atom. The molecule has 0 aliphatic carbocycles. The van der Waals surface area contributed by atoms with Gasteiger partial charge in [-0.05, 0) is 64.7 Å². The van der Waals surface area contributed by atoms with Gasteiger partial charge in [0.2, 0.25) is 0 Å². The van der Waals surface area contributed by atoms with Gasteiger partial charge in [-0.15, -0.1) is 0 Å². The Kier molecular flexibility index (Phi) is 10.6. The molecule has 0 saturated carbocycles. The van der Waals surface area contributed by atoms with E-state index in [0.717, 1.165) is 18.4 Å². The van der Waals surface area contributed by atoms with E-state index in [1.807, 2.05) is 2.95 Å². The van der Waals surface area contributed by atoms with Crippen LogP contribution in [0.25, 0.3) is 0 Å². The van der Waals surface area contributed by atoms with E-state index in [1.165, 1.54) is 57.2 Å². The molecule has 0 aromatic heterocycles. The highest BCUT2D eigenvalue weighted by Gasteiger charge is 2.18. The van der Waals surface area contributed by atoms with Crippen molar-refractivity contribution < 1.29 is 0 Å².